The van der Waals surface area contributed by atoms with Gasteiger partial charge in [-0.2, -0.15) is 0 Å². The molecule has 100 valence electrons. The van der Waals surface area contributed by atoms with Crippen molar-refractivity contribution in [3.63, 3.8) is 0 Å². The fourth-order valence-corrected chi connectivity index (χ4v) is 2.14. The highest BCUT2D eigenvalue weighted by Gasteiger charge is 2.13. The van der Waals surface area contributed by atoms with Crippen LogP contribution in [0.3, 0.4) is 0 Å². The van der Waals surface area contributed by atoms with E-state index in [2.05, 4.69) is 10.3 Å². The summed E-state index contributed by atoms with van der Waals surface area (Å²) in [5.74, 6) is -0.271. The minimum Gasteiger partial charge on any atom is -0.313 e. The zero-order chi connectivity index (χ0) is 13.8. The first-order valence-electron chi connectivity index (χ1n) is 6.14. The molecular weight excluding hydrogens is 263 g/mol. The molecule has 1 aromatic heterocycles. The van der Waals surface area contributed by atoms with Crippen LogP contribution >= 0.6 is 11.6 Å². The van der Waals surface area contributed by atoms with Crippen LogP contribution in [0.1, 0.15) is 22.9 Å². The van der Waals surface area contributed by atoms with Gasteiger partial charge in [-0.25, -0.2) is 4.39 Å². The quantitative estimate of drug-likeness (QED) is 0.923. The molecule has 0 saturated heterocycles. The minimum absolute atomic E-state index is 0.0313. The Morgan fingerprint density at radius 1 is 1.32 bits per heavy atom. The molecule has 2 aromatic rings. The first kappa shape index (κ1) is 14.0. The van der Waals surface area contributed by atoms with Crippen molar-refractivity contribution >= 4 is 11.6 Å². The van der Waals surface area contributed by atoms with Crippen LogP contribution < -0.4 is 5.32 Å². The first-order chi connectivity index (χ1) is 9.10. The maximum absolute atomic E-state index is 13.8. The Bertz CT molecular complexity index is 555. The molecule has 1 heterocycles. The van der Waals surface area contributed by atoms with Crippen molar-refractivity contribution in [3.8, 4) is 0 Å². The summed E-state index contributed by atoms with van der Waals surface area (Å²) in [6, 6.07) is 8.78. The Labute approximate surface area is 117 Å². The number of aromatic nitrogens is 1. The van der Waals surface area contributed by atoms with Gasteiger partial charge in [-0.05, 0) is 49.7 Å². The molecule has 1 unspecified atom stereocenters. The number of rotatable bonds is 4. The number of likely N-dealkylation sites (N-methyl/N-ethyl adjacent to an activating group) is 1. The van der Waals surface area contributed by atoms with E-state index >= 15 is 0 Å². The van der Waals surface area contributed by atoms with Crippen LogP contribution in [0, 0.1) is 12.7 Å². The van der Waals surface area contributed by atoms with Crippen molar-refractivity contribution in [2.75, 3.05) is 7.05 Å². The fourth-order valence-electron chi connectivity index (χ4n) is 1.98. The van der Waals surface area contributed by atoms with Gasteiger partial charge in [0.25, 0.3) is 0 Å². The smallest absolute Gasteiger partial charge is 0.127 e. The molecule has 0 saturated carbocycles. The van der Waals surface area contributed by atoms with E-state index in [0.717, 1.165) is 11.3 Å². The van der Waals surface area contributed by atoms with Gasteiger partial charge in [-0.3, -0.25) is 4.98 Å². The van der Waals surface area contributed by atoms with Crippen LogP contribution in [0.5, 0.6) is 0 Å². The molecule has 0 bridgehead atoms. The highest BCUT2D eigenvalue weighted by Crippen LogP contribution is 2.21. The van der Waals surface area contributed by atoms with Crippen molar-refractivity contribution in [3.05, 3.63) is 64.2 Å². The first-order valence-corrected chi connectivity index (χ1v) is 6.51. The molecule has 2 rings (SSSR count). The molecule has 0 spiro atoms. The second-order valence-corrected chi connectivity index (χ2v) is 4.95. The van der Waals surface area contributed by atoms with Gasteiger partial charge >= 0.3 is 0 Å². The largest absolute Gasteiger partial charge is 0.313 e. The van der Waals surface area contributed by atoms with Gasteiger partial charge in [-0.15, -0.1) is 0 Å². The van der Waals surface area contributed by atoms with Crippen molar-refractivity contribution in [1.82, 2.24) is 10.3 Å². The molecule has 1 atom stereocenters. The second kappa shape index (κ2) is 6.13. The van der Waals surface area contributed by atoms with E-state index in [4.69, 9.17) is 11.6 Å². The zero-order valence-electron chi connectivity index (χ0n) is 11.0. The zero-order valence-corrected chi connectivity index (χ0v) is 11.7. The Hall–Kier alpha value is -1.45. The monoisotopic (exact) mass is 278 g/mol. The van der Waals surface area contributed by atoms with Crippen LogP contribution in [0.15, 0.2) is 36.5 Å². The molecule has 0 aliphatic carbocycles. The van der Waals surface area contributed by atoms with E-state index in [-0.39, 0.29) is 11.9 Å². The number of hydrogen-bond donors (Lipinski definition) is 1. The fraction of sp³-hybridized carbons (Fsp3) is 0.267. The third-order valence-corrected chi connectivity index (χ3v) is 3.36. The lowest BCUT2D eigenvalue weighted by atomic mass is 10.00. The van der Waals surface area contributed by atoms with Gasteiger partial charge in [0.15, 0.2) is 0 Å². The lowest BCUT2D eigenvalue weighted by molar-refractivity contribution is 0.553. The van der Waals surface area contributed by atoms with E-state index < -0.39 is 0 Å². The van der Waals surface area contributed by atoms with Crippen molar-refractivity contribution in [2.24, 2.45) is 0 Å². The molecule has 1 N–H and O–H groups in total. The number of halogens is 2. The van der Waals surface area contributed by atoms with Gasteiger partial charge in [0.1, 0.15) is 5.82 Å². The summed E-state index contributed by atoms with van der Waals surface area (Å²) in [5.41, 5.74) is 2.66. The molecule has 0 fully saturated rings. The molecule has 4 heteroatoms. The van der Waals surface area contributed by atoms with Crippen LogP contribution in [0.4, 0.5) is 4.39 Å². The summed E-state index contributed by atoms with van der Waals surface area (Å²) in [5, 5.41) is 3.60. The Morgan fingerprint density at radius 2 is 2.11 bits per heavy atom. The summed E-state index contributed by atoms with van der Waals surface area (Å²) >= 11 is 5.76. The summed E-state index contributed by atoms with van der Waals surface area (Å²) in [4.78, 5) is 4.27. The summed E-state index contributed by atoms with van der Waals surface area (Å²) in [7, 11) is 1.86. The minimum atomic E-state index is -0.271. The maximum Gasteiger partial charge on any atom is 0.127 e. The van der Waals surface area contributed by atoms with Gasteiger partial charge in [-0.1, -0.05) is 23.7 Å². The highest BCUT2D eigenvalue weighted by atomic mass is 35.5. The van der Waals surface area contributed by atoms with Gasteiger partial charge in [0.05, 0.1) is 0 Å². The predicted molar refractivity (Wildman–Crippen MR) is 75.9 cm³/mol. The average molecular weight is 279 g/mol. The average Bonchev–Trinajstić information content (AvgIpc) is 2.39. The van der Waals surface area contributed by atoms with E-state index in [0.29, 0.717) is 17.0 Å². The molecular formula is C15H16ClFN2. The Morgan fingerprint density at radius 3 is 2.68 bits per heavy atom. The summed E-state index contributed by atoms with van der Waals surface area (Å²) < 4.78 is 13.8. The van der Waals surface area contributed by atoms with E-state index in [1.165, 1.54) is 6.07 Å². The Balaban J connectivity index is 2.21. The summed E-state index contributed by atoms with van der Waals surface area (Å²) in [6.45, 7) is 1.94. The number of hydrogen-bond acceptors (Lipinski definition) is 2. The van der Waals surface area contributed by atoms with Crippen LogP contribution in [-0.2, 0) is 6.42 Å². The molecule has 19 heavy (non-hydrogen) atoms. The molecule has 0 aliphatic heterocycles. The standard InChI is InChI=1S/C15H16ClFN2/c1-10-3-4-12(9-19-10)15(18-2)7-11-5-6-13(16)8-14(11)17/h3-6,8-9,15,18H,7H2,1-2H3. The molecule has 0 aliphatic rings. The van der Waals surface area contributed by atoms with Gasteiger partial charge in [0, 0.05) is 23.0 Å². The molecule has 0 radical (unpaired) electrons. The van der Waals surface area contributed by atoms with Crippen LogP contribution in [0.2, 0.25) is 5.02 Å². The summed E-state index contributed by atoms with van der Waals surface area (Å²) in [6.07, 6.45) is 2.38. The highest BCUT2D eigenvalue weighted by molar-refractivity contribution is 6.30. The van der Waals surface area contributed by atoms with E-state index in [1.54, 1.807) is 12.1 Å². The van der Waals surface area contributed by atoms with Gasteiger partial charge in [0.2, 0.25) is 0 Å². The number of nitrogens with zero attached hydrogens (tertiary/aromatic N) is 1. The third-order valence-electron chi connectivity index (χ3n) is 3.12. The normalized spacial score (nSPS) is 12.4. The van der Waals surface area contributed by atoms with E-state index in [1.807, 2.05) is 32.3 Å². The van der Waals surface area contributed by atoms with Crippen molar-refractivity contribution in [2.45, 2.75) is 19.4 Å². The molecule has 1 aromatic carbocycles. The molecule has 0 amide bonds. The van der Waals surface area contributed by atoms with Crippen LogP contribution in [-0.4, -0.2) is 12.0 Å². The molecule has 2 nitrogen and oxygen atoms in total. The number of benzene rings is 1. The van der Waals surface area contributed by atoms with E-state index in [9.17, 15) is 4.39 Å². The topological polar surface area (TPSA) is 24.9 Å². The number of aryl methyl sites for hydroxylation is 1. The van der Waals surface area contributed by atoms with Crippen molar-refractivity contribution in [1.29, 1.82) is 0 Å². The lowest BCUT2D eigenvalue weighted by Gasteiger charge is -2.17. The predicted octanol–water partition coefficient (Wildman–Crippen LogP) is 3.69. The van der Waals surface area contributed by atoms with Crippen LogP contribution in [0.25, 0.3) is 0 Å². The second-order valence-electron chi connectivity index (χ2n) is 4.51. The SMILES string of the molecule is CNC(Cc1ccc(Cl)cc1F)c1ccc(C)nc1. The number of pyridine rings is 1. The van der Waals surface area contributed by atoms with Gasteiger partial charge < -0.3 is 5.32 Å². The maximum atomic E-state index is 13.8. The lowest BCUT2D eigenvalue weighted by Crippen LogP contribution is -2.19. The Kier molecular flexibility index (Phi) is 4.51. The number of nitrogens with one attached hydrogen (secondary N) is 1. The third kappa shape index (κ3) is 3.52. The van der Waals surface area contributed by atoms with Crippen molar-refractivity contribution < 1.29 is 4.39 Å².